The van der Waals surface area contributed by atoms with Crippen LogP contribution in [0.3, 0.4) is 0 Å². The van der Waals surface area contributed by atoms with Crippen LogP contribution >= 0.6 is 0 Å². The van der Waals surface area contributed by atoms with Crippen LogP contribution < -0.4 is 15.4 Å². The summed E-state index contributed by atoms with van der Waals surface area (Å²) in [7, 11) is -3.27. The van der Waals surface area contributed by atoms with E-state index in [2.05, 4.69) is 15.4 Å². The predicted octanol–water partition coefficient (Wildman–Crippen LogP) is -0.799. The van der Waals surface area contributed by atoms with Crippen molar-refractivity contribution in [2.24, 2.45) is 0 Å². The fourth-order valence-corrected chi connectivity index (χ4v) is 2.94. The fourth-order valence-electron chi connectivity index (χ4n) is 1.99. The second kappa shape index (κ2) is 9.28. The lowest BCUT2D eigenvalue weighted by atomic mass is 10.1. The minimum atomic E-state index is -3.27. The van der Waals surface area contributed by atoms with Gasteiger partial charge in [0.25, 0.3) is 0 Å². The summed E-state index contributed by atoms with van der Waals surface area (Å²) in [6, 6.07) is 0. The number of hydrogen-bond acceptors (Lipinski definition) is 5. The van der Waals surface area contributed by atoms with Crippen LogP contribution in [-0.4, -0.2) is 59.0 Å². The van der Waals surface area contributed by atoms with Crippen molar-refractivity contribution in [3.05, 3.63) is 0 Å². The number of hydrogen-bond donors (Lipinski definition) is 3. The molecule has 118 valence electrons. The molecular weight excluding hydrogens is 282 g/mol. The van der Waals surface area contributed by atoms with Crippen LogP contribution in [-0.2, 0) is 19.6 Å². The van der Waals surface area contributed by atoms with Gasteiger partial charge in [-0.3, -0.25) is 4.79 Å². The van der Waals surface area contributed by atoms with Crippen LogP contribution in [0.25, 0.3) is 0 Å². The van der Waals surface area contributed by atoms with Gasteiger partial charge < -0.3 is 15.4 Å². The Balaban J connectivity index is 2.05. The monoisotopic (exact) mass is 307 g/mol. The number of amides is 1. The number of nitrogens with one attached hydrogen (secondary N) is 3. The number of sulfonamides is 1. The van der Waals surface area contributed by atoms with Gasteiger partial charge >= 0.3 is 0 Å². The Morgan fingerprint density at radius 2 is 2.05 bits per heavy atom. The van der Waals surface area contributed by atoms with Gasteiger partial charge in [0.1, 0.15) is 0 Å². The Bertz CT molecular complexity index is 380. The Morgan fingerprint density at radius 1 is 1.35 bits per heavy atom. The van der Waals surface area contributed by atoms with Crippen LogP contribution in [0.2, 0.25) is 0 Å². The highest BCUT2D eigenvalue weighted by atomic mass is 32.2. The lowest BCUT2D eigenvalue weighted by Gasteiger charge is -2.22. The van der Waals surface area contributed by atoms with E-state index < -0.39 is 10.0 Å². The fraction of sp³-hybridized carbons (Fsp3) is 0.917. The Morgan fingerprint density at radius 3 is 2.70 bits per heavy atom. The molecule has 0 atom stereocenters. The quantitative estimate of drug-likeness (QED) is 0.518. The van der Waals surface area contributed by atoms with Crippen molar-refractivity contribution in [3.63, 3.8) is 0 Å². The minimum Gasteiger partial charge on any atom is -0.378 e. The van der Waals surface area contributed by atoms with Crippen molar-refractivity contribution >= 4 is 15.9 Å². The van der Waals surface area contributed by atoms with E-state index in [1.54, 1.807) is 6.92 Å². The molecule has 1 saturated heterocycles. The molecule has 1 amide bonds. The molecule has 0 radical (unpaired) electrons. The average molecular weight is 307 g/mol. The minimum absolute atomic E-state index is 0.0955. The molecule has 8 heteroatoms. The highest BCUT2D eigenvalue weighted by Gasteiger charge is 2.14. The lowest BCUT2D eigenvalue weighted by molar-refractivity contribution is -0.122. The third kappa shape index (κ3) is 7.78. The molecule has 0 saturated carbocycles. The zero-order chi connectivity index (χ0) is 14.8. The van der Waals surface area contributed by atoms with Gasteiger partial charge in [0.05, 0.1) is 18.5 Å². The van der Waals surface area contributed by atoms with Crippen LogP contribution in [0.5, 0.6) is 0 Å². The lowest BCUT2D eigenvalue weighted by Crippen LogP contribution is -2.35. The smallest absolute Gasteiger partial charge is 0.222 e. The maximum absolute atomic E-state index is 11.5. The topological polar surface area (TPSA) is 96.5 Å². The van der Waals surface area contributed by atoms with Gasteiger partial charge in [0.2, 0.25) is 15.9 Å². The van der Waals surface area contributed by atoms with E-state index in [9.17, 15) is 13.2 Å². The molecule has 1 fully saturated rings. The van der Waals surface area contributed by atoms with Gasteiger partial charge in [-0.1, -0.05) is 6.92 Å². The second-order valence-corrected chi connectivity index (χ2v) is 6.66. The zero-order valence-electron chi connectivity index (χ0n) is 12.0. The van der Waals surface area contributed by atoms with Crippen LogP contribution in [0.4, 0.5) is 0 Å². The molecule has 1 aliphatic heterocycles. The third-order valence-electron chi connectivity index (χ3n) is 3.03. The maximum Gasteiger partial charge on any atom is 0.222 e. The van der Waals surface area contributed by atoms with E-state index in [0.717, 1.165) is 25.9 Å². The highest BCUT2D eigenvalue weighted by Crippen LogP contribution is 2.07. The van der Waals surface area contributed by atoms with Crippen molar-refractivity contribution in [1.82, 2.24) is 15.4 Å². The molecule has 3 N–H and O–H groups in total. The molecule has 0 bridgehead atoms. The van der Waals surface area contributed by atoms with Crippen molar-refractivity contribution in [1.29, 1.82) is 0 Å². The van der Waals surface area contributed by atoms with Gasteiger partial charge in [-0.15, -0.1) is 0 Å². The first kappa shape index (κ1) is 17.4. The van der Waals surface area contributed by atoms with Gasteiger partial charge in [-0.2, -0.15) is 0 Å². The van der Waals surface area contributed by atoms with Crippen molar-refractivity contribution in [2.75, 3.05) is 38.5 Å². The number of carbonyl (C=O) groups excluding carboxylic acids is 1. The first-order chi connectivity index (χ1) is 9.53. The summed E-state index contributed by atoms with van der Waals surface area (Å²) in [6.45, 7) is 4.50. The number of rotatable bonds is 9. The van der Waals surface area contributed by atoms with Gasteiger partial charge in [-0.25, -0.2) is 13.1 Å². The predicted molar refractivity (Wildman–Crippen MR) is 76.9 cm³/mol. The number of ether oxygens (including phenoxy) is 1. The Labute approximate surface area is 120 Å². The largest absolute Gasteiger partial charge is 0.378 e. The molecule has 0 spiro atoms. The summed E-state index contributed by atoms with van der Waals surface area (Å²) in [5, 5.41) is 5.83. The summed E-state index contributed by atoms with van der Waals surface area (Å²) < 4.78 is 30.7. The summed E-state index contributed by atoms with van der Waals surface area (Å²) in [4.78, 5) is 11.5. The van der Waals surface area contributed by atoms with E-state index in [-0.39, 0.29) is 30.7 Å². The molecule has 0 aromatic carbocycles. The first-order valence-electron chi connectivity index (χ1n) is 7.10. The maximum atomic E-state index is 11.5. The molecule has 0 unspecified atom stereocenters. The van der Waals surface area contributed by atoms with E-state index in [0.29, 0.717) is 13.2 Å². The second-order valence-electron chi connectivity index (χ2n) is 4.74. The SMILES string of the molecule is CCNS(=O)(=O)CCNC(=O)CCOC1CCNCC1. The molecule has 7 nitrogen and oxygen atoms in total. The van der Waals surface area contributed by atoms with E-state index in [4.69, 9.17) is 4.74 Å². The Hall–Kier alpha value is -0.700. The molecule has 0 aromatic rings. The summed E-state index contributed by atoms with van der Waals surface area (Å²) >= 11 is 0. The Kier molecular flexibility index (Phi) is 8.05. The van der Waals surface area contributed by atoms with Crippen LogP contribution in [0.15, 0.2) is 0 Å². The molecule has 1 aliphatic rings. The highest BCUT2D eigenvalue weighted by molar-refractivity contribution is 7.89. The average Bonchev–Trinajstić information content (AvgIpc) is 2.39. The van der Waals surface area contributed by atoms with E-state index in [1.165, 1.54) is 0 Å². The van der Waals surface area contributed by atoms with E-state index >= 15 is 0 Å². The summed E-state index contributed by atoms with van der Waals surface area (Å²) in [5.41, 5.74) is 0. The van der Waals surface area contributed by atoms with Crippen molar-refractivity contribution in [2.45, 2.75) is 32.3 Å². The van der Waals surface area contributed by atoms with E-state index in [1.807, 2.05) is 0 Å². The van der Waals surface area contributed by atoms with Crippen LogP contribution in [0.1, 0.15) is 26.2 Å². The van der Waals surface area contributed by atoms with Crippen molar-refractivity contribution in [3.8, 4) is 0 Å². The normalized spacial score (nSPS) is 17.1. The standard InChI is InChI=1S/C12H25N3O4S/c1-2-15-20(17,18)10-8-14-12(16)5-9-19-11-3-6-13-7-4-11/h11,13,15H,2-10H2,1H3,(H,14,16). The molecule has 0 aromatic heterocycles. The van der Waals surface area contributed by atoms with Gasteiger partial charge in [0, 0.05) is 19.5 Å². The van der Waals surface area contributed by atoms with Crippen molar-refractivity contribution < 1.29 is 17.9 Å². The molecular formula is C12H25N3O4S. The summed E-state index contributed by atoms with van der Waals surface area (Å²) in [6.07, 6.45) is 2.45. The first-order valence-corrected chi connectivity index (χ1v) is 8.75. The number of piperidine rings is 1. The summed E-state index contributed by atoms with van der Waals surface area (Å²) in [5.74, 6) is -0.271. The molecule has 0 aliphatic carbocycles. The molecule has 1 rings (SSSR count). The molecule has 20 heavy (non-hydrogen) atoms. The number of carbonyl (C=O) groups is 1. The van der Waals surface area contributed by atoms with Gasteiger partial charge in [-0.05, 0) is 25.9 Å². The molecule has 1 heterocycles. The third-order valence-corrected chi connectivity index (χ3v) is 4.50. The zero-order valence-corrected chi connectivity index (χ0v) is 12.8. The van der Waals surface area contributed by atoms with Gasteiger partial charge in [0.15, 0.2) is 0 Å². The van der Waals surface area contributed by atoms with Crippen LogP contribution in [0, 0.1) is 0 Å².